The van der Waals surface area contributed by atoms with E-state index in [2.05, 4.69) is 36.1 Å². The van der Waals surface area contributed by atoms with Gasteiger partial charge in [0, 0.05) is 17.3 Å². The molecule has 1 aromatic rings. The summed E-state index contributed by atoms with van der Waals surface area (Å²) in [6.07, 6.45) is 5.57. The number of anilines is 1. The molecule has 1 aliphatic heterocycles. The number of likely N-dealkylation sites (tertiary alicyclic amines) is 1. The Hall–Kier alpha value is -1.17. The minimum absolute atomic E-state index is 0.0331. The monoisotopic (exact) mass is 277 g/mol. The average molecular weight is 277 g/mol. The summed E-state index contributed by atoms with van der Waals surface area (Å²) in [7, 11) is 0. The zero-order valence-electron chi connectivity index (χ0n) is 12.8. The molecule has 112 valence electrons. The van der Waals surface area contributed by atoms with Gasteiger partial charge in [0.1, 0.15) is 5.82 Å². The molecule has 0 aliphatic carbocycles. The predicted molar refractivity (Wildman–Crippen MR) is 83.0 cm³/mol. The van der Waals surface area contributed by atoms with Gasteiger partial charge in [-0.1, -0.05) is 6.42 Å². The summed E-state index contributed by atoms with van der Waals surface area (Å²) < 4.78 is 0. The Morgan fingerprint density at radius 3 is 2.50 bits per heavy atom. The molecule has 0 spiro atoms. The van der Waals surface area contributed by atoms with Crippen LogP contribution in [0.1, 0.15) is 50.3 Å². The van der Waals surface area contributed by atoms with Gasteiger partial charge in [0.2, 0.25) is 0 Å². The first-order valence-corrected chi connectivity index (χ1v) is 7.40. The smallest absolute Gasteiger partial charge is 0.128 e. The minimum atomic E-state index is -0.100. The number of hydrazine groups is 1. The summed E-state index contributed by atoms with van der Waals surface area (Å²) in [5.74, 6) is 6.44. The summed E-state index contributed by atoms with van der Waals surface area (Å²) in [6, 6.07) is 1.96. The van der Waals surface area contributed by atoms with E-state index in [4.69, 9.17) is 11.6 Å². The molecule has 0 amide bonds. The van der Waals surface area contributed by atoms with Crippen molar-refractivity contribution in [3.05, 3.63) is 23.4 Å². The van der Waals surface area contributed by atoms with E-state index in [1.54, 1.807) is 6.20 Å². The van der Waals surface area contributed by atoms with Crippen molar-refractivity contribution in [1.82, 2.24) is 15.3 Å². The second-order valence-electron chi connectivity index (χ2n) is 6.23. The topological polar surface area (TPSA) is 80.2 Å². The average Bonchev–Trinajstić information content (AvgIpc) is 2.43. The summed E-state index contributed by atoms with van der Waals surface area (Å²) in [5, 5.41) is 0. The lowest BCUT2D eigenvalue weighted by Crippen LogP contribution is -2.56. The first-order valence-electron chi connectivity index (χ1n) is 7.40. The van der Waals surface area contributed by atoms with E-state index < -0.39 is 0 Å². The largest absolute Gasteiger partial charge is 0.383 e. The second-order valence-corrected chi connectivity index (χ2v) is 6.23. The lowest BCUT2D eigenvalue weighted by Gasteiger charge is -2.46. The van der Waals surface area contributed by atoms with Gasteiger partial charge in [-0.25, -0.2) is 4.98 Å². The Morgan fingerprint density at radius 1 is 1.30 bits per heavy atom. The molecule has 1 atom stereocenters. The highest BCUT2D eigenvalue weighted by Crippen LogP contribution is 2.35. The van der Waals surface area contributed by atoms with Gasteiger partial charge in [0.15, 0.2) is 0 Å². The van der Waals surface area contributed by atoms with Crippen molar-refractivity contribution >= 4 is 5.82 Å². The van der Waals surface area contributed by atoms with Crippen LogP contribution in [0.25, 0.3) is 0 Å². The zero-order valence-corrected chi connectivity index (χ0v) is 12.8. The fourth-order valence-corrected chi connectivity index (χ4v) is 3.26. The van der Waals surface area contributed by atoms with Gasteiger partial charge in [-0.05, 0) is 58.3 Å². The third kappa shape index (κ3) is 2.80. The molecule has 0 aromatic carbocycles. The van der Waals surface area contributed by atoms with Crippen LogP contribution >= 0.6 is 0 Å². The van der Waals surface area contributed by atoms with Gasteiger partial charge in [-0.15, -0.1) is 0 Å². The fraction of sp³-hybridized carbons (Fsp3) is 0.667. The predicted octanol–water partition coefficient (Wildman–Crippen LogP) is 1.74. The molecule has 2 rings (SSSR count). The normalized spacial score (nSPS) is 19.0. The molecule has 1 aromatic heterocycles. The lowest BCUT2D eigenvalue weighted by molar-refractivity contribution is 0.0607. The van der Waals surface area contributed by atoms with Crippen molar-refractivity contribution in [3.8, 4) is 0 Å². The number of nitrogen functional groups attached to an aromatic ring is 1. The van der Waals surface area contributed by atoms with E-state index in [1.807, 2.05) is 6.07 Å². The van der Waals surface area contributed by atoms with Crippen molar-refractivity contribution in [2.75, 3.05) is 18.8 Å². The number of nitrogens with zero attached hydrogens (tertiary/aromatic N) is 2. The standard InChI is InChI=1S/C15H27N5/c1-11-7-8-18-14(16)12(11)13(19-17)15(2,3)20-9-5-4-6-10-20/h7-8,13,19H,4-6,9-10,17H2,1-3H3,(H2,16,18). The maximum atomic E-state index is 6.10. The molecule has 1 unspecified atom stereocenters. The number of nitrogens with one attached hydrogen (secondary N) is 1. The molecule has 0 bridgehead atoms. The van der Waals surface area contributed by atoms with E-state index in [0.29, 0.717) is 5.82 Å². The molecule has 5 heteroatoms. The Kier molecular flexibility index (Phi) is 4.62. The molecule has 5 N–H and O–H groups in total. The number of piperidine rings is 1. The first-order chi connectivity index (χ1) is 9.48. The number of pyridine rings is 1. The van der Waals surface area contributed by atoms with Crippen molar-refractivity contribution in [3.63, 3.8) is 0 Å². The molecule has 2 heterocycles. The number of hydrogen-bond donors (Lipinski definition) is 3. The quantitative estimate of drug-likeness (QED) is 0.577. The summed E-state index contributed by atoms with van der Waals surface area (Å²) in [4.78, 5) is 6.74. The lowest BCUT2D eigenvalue weighted by atomic mass is 9.84. The highest BCUT2D eigenvalue weighted by atomic mass is 15.3. The molecule has 20 heavy (non-hydrogen) atoms. The van der Waals surface area contributed by atoms with Gasteiger partial charge < -0.3 is 5.73 Å². The molecule has 1 aliphatic rings. The fourth-order valence-electron chi connectivity index (χ4n) is 3.26. The van der Waals surface area contributed by atoms with Gasteiger partial charge in [-0.2, -0.15) is 0 Å². The Labute approximate surface area is 121 Å². The SMILES string of the molecule is Cc1ccnc(N)c1C(NN)C(C)(C)N1CCCCC1. The summed E-state index contributed by atoms with van der Waals surface area (Å²) >= 11 is 0. The van der Waals surface area contributed by atoms with Crippen LogP contribution in [0.15, 0.2) is 12.3 Å². The summed E-state index contributed by atoms with van der Waals surface area (Å²) in [6.45, 7) is 8.75. The Morgan fingerprint density at radius 2 is 1.95 bits per heavy atom. The third-order valence-corrected chi connectivity index (χ3v) is 4.57. The van der Waals surface area contributed by atoms with Crippen molar-refractivity contribution in [2.45, 2.75) is 51.6 Å². The maximum absolute atomic E-state index is 6.10. The highest BCUT2D eigenvalue weighted by molar-refractivity contribution is 5.47. The van der Waals surface area contributed by atoms with E-state index in [-0.39, 0.29) is 11.6 Å². The Bertz CT molecular complexity index is 431. The zero-order chi connectivity index (χ0) is 14.8. The van der Waals surface area contributed by atoms with Crippen molar-refractivity contribution < 1.29 is 0 Å². The van der Waals surface area contributed by atoms with Crippen LogP contribution in [-0.4, -0.2) is 28.5 Å². The van der Waals surface area contributed by atoms with E-state index in [0.717, 1.165) is 24.2 Å². The van der Waals surface area contributed by atoms with Gasteiger partial charge >= 0.3 is 0 Å². The van der Waals surface area contributed by atoms with E-state index in [1.165, 1.54) is 19.3 Å². The van der Waals surface area contributed by atoms with Crippen LogP contribution < -0.4 is 17.0 Å². The molecule has 0 radical (unpaired) electrons. The minimum Gasteiger partial charge on any atom is -0.383 e. The number of hydrogen-bond acceptors (Lipinski definition) is 5. The first kappa shape index (κ1) is 15.2. The summed E-state index contributed by atoms with van der Waals surface area (Å²) in [5.41, 5.74) is 11.1. The third-order valence-electron chi connectivity index (χ3n) is 4.57. The molecule has 1 fully saturated rings. The Balaban J connectivity index is 2.35. The number of nitrogens with two attached hydrogens (primary N) is 2. The maximum Gasteiger partial charge on any atom is 0.128 e. The number of aryl methyl sites for hydroxylation is 1. The van der Waals surface area contributed by atoms with Crippen LogP contribution in [0.5, 0.6) is 0 Å². The number of aromatic nitrogens is 1. The van der Waals surface area contributed by atoms with E-state index >= 15 is 0 Å². The molecule has 1 saturated heterocycles. The molecular formula is C15H27N5. The van der Waals surface area contributed by atoms with Crippen LogP contribution in [0.2, 0.25) is 0 Å². The van der Waals surface area contributed by atoms with Crippen LogP contribution in [0.4, 0.5) is 5.82 Å². The number of rotatable bonds is 4. The van der Waals surface area contributed by atoms with Crippen molar-refractivity contribution in [2.24, 2.45) is 5.84 Å². The highest BCUT2D eigenvalue weighted by Gasteiger charge is 2.38. The molecule has 0 saturated carbocycles. The van der Waals surface area contributed by atoms with Crippen molar-refractivity contribution in [1.29, 1.82) is 0 Å². The van der Waals surface area contributed by atoms with Crippen LogP contribution in [0.3, 0.4) is 0 Å². The van der Waals surface area contributed by atoms with Crippen LogP contribution in [0, 0.1) is 6.92 Å². The molecule has 5 nitrogen and oxygen atoms in total. The molecular weight excluding hydrogens is 250 g/mol. The van der Waals surface area contributed by atoms with Gasteiger partial charge in [-0.3, -0.25) is 16.2 Å². The van der Waals surface area contributed by atoms with Crippen LogP contribution in [-0.2, 0) is 0 Å². The van der Waals surface area contributed by atoms with Gasteiger partial charge in [0.25, 0.3) is 0 Å². The van der Waals surface area contributed by atoms with Gasteiger partial charge in [0.05, 0.1) is 6.04 Å². The second kappa shape index (κ2) is 6.08. The van der Waals surface area contributed by atoms with E-state index in [9.17, 15) is 0 Å².